The number of ether oxygens (including phenoxy) is 1. The third kappa shape index (κ3) is 4.57. The van der Waals surface area contributed by atoms with Gasteiger partial charge in [0.25, 0.3) is 0 Å². The molecule has 0 fully saturated rings. The number of sulfonamides is 1. The molecule has 0 spiro atoms. The summed E-state index contributed by atoms with van der Waals surface area (Å²) in [6, 6.07) is 1.86. The number of halogens is 2. The molecule has 1 aromatic carbocycles. The monoisotopic (exact) mass is 367 g/mol. The molecule has 0 atom stereocenters. The number of carbonyl (C=O) groups is 1. The Kier molecular flexibility index (Phi) is 7.27. The fraction of sp³-hybridized carbons (Fsp3) is 0.500. The third-order valence-corrected chi connectivity index (χ3v) is 6.43. The number of hydrogen-bond acceptors (Lipinski definition) is 5. The molecule has 0 N–H and O–H groups in total. The van der Waals surface area contributed by atoms with Gasteiger partial charge in [-0.1, -0.05) is 13.8 Å². The Bertz CT molecular complexity index is 665. The van der Waals surface area contributed by atoms with Crippen LogP contribution in [0.3, 0.4) is 0 Å². The van der Waals surface area contributed by atoms with Crippen molar-refractivity contribution in [2.45, 2.75) is 26.7 Å². The SMILES string of the molecule is CCCSN(c1ccc(F)c(C(=O)OC)c1F)S(=O)(=O)CCC. The third-order valence-electron chi connectivity index (χ3n) is 2.78. The quantitative estimate of drug-likeness (QED) is 0.521. The Hall–Kier alpha value is -1.35. The summed E-state index contributed by atoms with van der Waals surface area (Å²) in [5, 5.41) is 0. The first-order valence-corrected chi connectivity index (χ1v) is 9.57. The number of hydrogen-bond donors (Lipinski definition) is 0. The maximum atomic E-state index is 14.6. The highest BCUT2D eigenvalue weighted by atomic mass is 32.3. The molecule has 0 saturated carbocycles. The van der Waals surface area contributed by atoms with Crippen molar-refractivity contribution in [2.24, 2.45) is 0 Å². The zero-order valence-electron chi connectivity index (χ0n) is 13.1. The van der Waals surface area contributed by atoms with Crippen LogP contribution >= 0.6 is 11.9 Å². The van der Waals surface area contributed by atoms with Crippen molar-refractivity contribution >= 4 is 33.6 Å². The minimum atomic E-state index is -3.80. The molecule has 0 unspecified atom stereocenters. The summed E-state index contributed by atoms with van der Waals surface area (Å²) in [4.78, 5) is 11.5. The molecule has 0 bridgehead atoms. The van der Waals surface area contributed by atoms with E-state index in [1.54, 1.807) is 6.92 Å². The summed E-state index contributed by atoms with van der Waals surface area (Å²) in [6.45, 7) is 3.53. The van der Waals surface area contributed by atoms with Gasteiger partial charge in [0.05, 0.1) is 12.9 Å². The highest BCUT2D eigenvalue weighted by Gasteiger charge is 2.29. The standard InChI is InChI=1S/C14H19F2NO4S2/c1-4-8-22-17(23(19,20)9-5-2)11-7-6-10(15)12(13(11)16)14(18)21-3/h6-7H,4-5,8-9H2,1-3H3. The van der Waals surface area contributed by atoms with Crippen molar-refractivity contribution in [1.82, 2.24) is 0 Å². The molecule has 0 amide bonds. The van der Waals surface area contributed by atoms with Gasteiger partial charge < -0.3 is 4.74 Å². The second kappa shape index (κ2) is 8.49. The summed E-state index contributed by atoms with van der Waals surface area (Å²) in [5.74, 6) is -3.32. The van der Waals surface area contributed by atoms with Crippen LogP contribution in [0.4, 0.5) is 14.5 Å². The lowest BCUT2D eigenvalue weighted by Gasteiger charge is -2.23. The van der Waals surface area contributed by atoms with Crippen molar-refractivity contribution in [3.8, 4) is 0 Å². The van der Waals surface area contributed by atoms with Crippen LogP contribution in [0.15, 0.2) is 12.1 Å². The minimum absolute atomic E-state index is 0.186. The minimum Gasteiger partial charge on any atom is -0.465 e. The van der Waals surface area contributed by atoms with Crippen LogP contribution in [-0.2, 0) is 14.8 Å². The summed E-state index contributed by atoms with van der Waals surface area (Å²) in [7, 11) is -2.81. The van der Waals surface area contributed by atoms with Crippen molar-refractivity contribution in [3.05, 3.63) is 29.3 Å². The number of benzene rings is 1. The van der Waals surface area contributed by atoms with Crippen LogP contribution in [0.1, 0.15) is 37.0 Å². The van der Waals surface area contributed by atoms with E-state index in [1.807, 2.05) is 6.92 Å². The first kappa shape index (κ1) is 19.7. The zero-order valence-corrected chi connectivity index (χ0v) is 14.8. The fourth-order valence-corrected chi connectivity index (χ4v) is 4.63. The second-order valence-corrected chi connectivity index (χ2v) is 7.82. The van der Waals surface area contributed by atoms with Gasteiger partial charge in [0.2, 0.25) is 10.0 Å². The van der Waals surface area contributed by atoms with E-state index >= 15 is 0 Å². The van der Waals surface area contributed by atoms with Crippen molar-refractivity contribution in [2.75, 3.05) is 22.3 Å². The Balaban J connectivity index is 3.45. The first-order valence-electron chi connectivity index (χ1n) is 7.02. The van der Waals surface area contributed by atoms with Gasteiger partial charge in [-0.05, 0) is 36.9 Å². The van der Waals surface area contributed by atoms with Gasteiger partial charge >= 0.3 is 5.97 Å². The molecule has 1 rings (SSSR count). The second-order valence-electron chi connectivity index (χ2n) is 4.62. The normalized spacial score (nSPS) is 11.3. The molecule has 0 aliphatic rings. The van der Waals surface area contributed by atoms with Gasteiger partial charge in [-0.3, -0.25) is 0 Å². The van der Waals surface area contributed by atoms with Crippen LogP contribution in [0.2, 0.25) is 0 Å². The average Bonchev–Trinajstić information content (AvgIpc) is 2.49. The van der Waals surface area contributed by atoms with E-state index in [0.717, 1.165) is 34.9 Å². The number of esters is 1. The molecule has 0 aliphatic carbocycles. The largest absolute Gasteiger partial charge is 0.465 e. The molecule has 0 radical (unpaired) electrons. The Morgan fingerprint density at radius 3 is 2.43 bits per heavy atom. The molecule has 9 heteroatoms. The van der Waals surface area contributed by atoms with E-state index in [9.17, 15) is 22.0 Å². The molecular formula is C14H19F2NO4S2. The van der Waals surface area contributed by atoms with E-state index in [-0.39, 0.29) is 11.4 Å². The number of rotatable bonds is 8. The van der Waals surface area contributed by atoms with Crippen LogP contribution in [-0.4, -0.2) is 33.0 Å². The molecule has 0 heterocycles. The van der Waals surface area contributed by atoms with Gasteiger partial charge in [0.15, 0.2) is 5.82 Å². The fourth-order valence-electron chi connectivity index (χ4n) is 1.79. The van der Waals surface area contributed by atoms with Crippen LogP contribution < -0.4 is 3.71 Å². The van der Waals surface area contributed by atoms with Gasteiger partial charge in [-0.15, -0.1) is 0 Å². The summed E-state index contributed by atoms with van der Waals surface area (Å²) < 4.78 is 58.2. The van der Waals surface area contributed by atoms with Gasteiger partial charge in [0.1, 0.15) is 17.1 Å². The summed E-state index contributed by atoms with van der Waals surface area (Å²) in [6.07, 6.45) is 1.01. The van der Waals surface area contributed by atoms with Crippen molar-refractivity contribution in [3.63, 3.8) is 0 Å². The first-order chi connectivity index (χ1) is 10.8. The lowest BCUT2D eigenvalue weighted by Crippen LogP contribution is -2.28. The van der Waals surface area contributed by atoms with Gasteiger partial charge in [-0.25, -0.2) is 25.7 Å². The molecule has 0 aromatic heterocycles. The van der Waals surface area contributed by atoms with Crippen LogP contribution in [0, 0.1) is 11.6 Å². The van der Waals surface area contributed by atoms with Crippen molar-refractivity contribution in [1.29, 1.82) is 0 Å². The summed E-state index contributed by atoms with van der Waals surface area (Å²) >= 11 is 0.900. The predicted octanol–water partition coefficient (Wildman–Crippen LogP) is 3.36. The lowest BCUT2D eigenvalue weighted by atomic mass is 10.2. The maximum absolute atomic E-state index is 14.6. The number of nitrogens with zero attached hydrogens (tertiary/aromatic N) is 1. The Morgan fingerprint density at radius 1 is 1.26 bits per heavy atom. The van der Waals surface area contributed by atoms with Crippen LogP contribution in [0.5, 0.6) is 0 Å². The predicted molar refractivity (Wildman–Crippen MR) is 87.0 cm³/mol. The van der Waals surface area contributed by atoms with E-state index in [4.69, 9.17) is 0 Å². The molecule has 1 aromatic rings. The van der Waals surface area contributed by atoms with E-state index < -0.39 is 33.2 Å². The number of anilines is 1. The smallest absolute Gasteiger partial charge is 0.343 e. The number of methoxy groups -OCH3 is 1. The molecule has 130 valence electrons. The van der Waals surface area contributed by atoms with E-state index in [2.05, 4.69) is 4.74 Å². The lowest BCUT2D eigenvalue weighted by molar-refractivity contribution is 0.0590. The van der Waals surface area contributed by atoms with Gasteiger partial charge in [0, 0.05) is 5.75 Å². The maximum Gasteiger partial charge on any atom is 0.343 e. The average molecular weight is 367 g/mol. The highest BCUT2D eigenvalue weighted by molar-refractivity contribution is 8.14. The molecule has 23 heavy (non-hydrogen) atoms. The van der Waals surface area contributed by atoms with Crippen molar-refractivity contribution < 1.29 is 26.7 Å². The van der Waals surface area contributed by atoms with Crippen LogP contribution in [0.25, 0.3) is 0 Å². The van der Waals surface area contributed by atoms with Gasteiger partial charge in [-0.2, -0.15) is 0 Å². The molecule has 0 aliphatic heterocycles. The van der Waals surface area contributed by atoms with E-state index in [0.29, 0.717) is 18.6 Å². The molecular weight excluding hydrogens is 348 g/mol. The molecule has 5 nitrogen and oxygen atoms in total. The molecule has 0 saturated heterocycles. The topological polar surface area (TPSA) is 63.7 Å². The Morgan fingerprint density at radius 2 is 1.91 bits per heavy atom. The highest BCUT2D eigenvalue weighted by Crippen LogP contribution is 2.32. The zero-order chi connectivity index (χ0) is 17.6. The van der Waals surface area contributed by atoms with E-state index in [1.165, 1.54) is 0 Å². The Labute approximate surface area is 139 Å². The number of carbonyl (C=O) groups excluding carboxylic acids is 1. The summed E-state index contributed by atoms with van der Waals surface area (Å²) in [5.41, 5.74) is -1.28.